The normalized spacial score (nSPS) is 10.9. The fourth-order valence-corrected chi connectivity index (χ4v) is 2.99. The van der Waals surface area contributed by atoms with Gasteiger partial charge >= 0.3 is 0 Å². The summed E-state index contributed by atoms with van der Waals surface area (Å²) in [5.41, 5.74) is 4.00. The van der Waals surface area contributed by atoms with Crippen molar-refractivity contribution in [3.63, 3.8) is 0 Å². The highest BCUT2D eigenvalue weighted by molar-refractivity contribution is 7.98. The smallest absolute Gasteiger partial charge is 0.209 e. The maximum Gasteiger partial charge on any atom is 0.209 e. The Morgan fingerprint density at radius 3 is 2.80 bits per heavy atom. The molecule has 3 aromatic heterocycles. The first kappa shape index (κ1) is 15.6. The highest BCUT2D eigenvalue weighted by atomic mass is 32.2. The van der Waals surface area contributed by atoms with Crippen molar-refractivity contribution in [3.8, 4) is 22.6 Å². The molecule has 1 aromatic carbocycles. The van der Waals surface area contributed by atoms with Crippen LogP contribution in [0.2, 0.25) is 0 Å². The van der Waals surface area contributed by atoms with Crippen LogP contribution in [0.3, 0.4) is 0 Å². The highest BCUT2D eigenvalue weighted by Gasteiger charge is 2.10. The summed E-state index contributed by atoms with van der Waals surface area (Å²) in [6, 6.07) is 14.0. The van der Waals surface area contributed by atoms with Gasteiger partial charge in [0.2, 0.25) is 5.16 Å². The van der Waals surface area contributed by atoms with E-state index in [1.54, 1.807) is 12.4 Å². The first-order chi connectivity index (χ1) is 12.3. The number of aromatic amines is 1. The van der Waals surface area contributed by atoms with Crippen LogP contribution in [0.15, 0.2) is 64.5 Å². The Balaban J connectivity index is 1.42. The van der Waals surface area contributed by atoms with E-state index in [2.05, 4.69) is 44.4 Å². The van der Waals surface area contributed by atoms with Crippen molar-refractivity contribution in [2.45, 2.75) is 17.8 Å². The van der Waals surface area contributed by atoms with Crippen molar-refractivity contribution in [1.29, 1.82) is 0 Å². The standard InChI is InChI=1S/C18H15N5OS/c1-12-4-6-13(7-5-12)16-9-15(24-23-16)11-25-18-20-17(21-22-18)14-3-2-8-19-10-14/h2-10H,11H2,1H3,(H,20,21,22). The predicted molar refractivity (Wildman–Crippen MR) is 95.9 cm³/mol. The molecule has 0 fully saturated rings. The minimum atomic E-state index is 0.614. The van der Waals surface area contributed by atoms with E-state index in [9.17, 15) is 0 Å². The van der Waals surface area contributed by atoms with Crippen LogP contribution in [-0.2, 0) is 5.75 Å². The second-order valence-corrected chi connectivity index (χ2v) is 6.48. The molecule has 0 saturated heterocycles. The maximum atomic E-state index is 5.42. The lowest BCUT2D eigenvalue weighted by atomic mass is 10.1. The summed E-state index contributed by atoms with van der Waals surface area (Å²) < 4.78 is 5.42. The molecule has 0 amide bonds. The number of aryl methyl sites for hydroxylation is 1. The van der Waals surface area contributed by atoms with Gasteiger partial charge in [0.15, 0.2) is 5.82 Å². The molecule has 0 unspecified atom stereocenters. The van der Waals surface area contributed by atoms with E-state index in [1.807, 2.05) is 30.3 Å². The Hall–Kier alpha value is -2.93. The number of benzene rings is 1. The highest BCUT2D eigenvalue weighted by Crippen LogP contribution is 2.25. The number of pyridine rings is 1. The predicted octanol–water partition coefficient (Wildman–Crippen LogP) is 4.12. The molecular formula is C18H15N5OS. The molecule has 0 aliphatic rings. The van der Waals surface area contributed by atoms with Crippen LogP contribution in [0.5, 0.6) is 0 Å². The number of aromatic nitrogens is 5. The largest absolute Gasteiger partial charge is 0.360 e. The third kappa shape index (κ3) is 3.61. The average molecular weight is 349 g/mol. The summed E-state index contributed by atoms with van der Waals surface area (Å²) in [5, 5.41) is 11.9. The fourth-order valence-electron chi connectivity index (χ4n) is 2.32. The second-order valence-electron chi connectivity index (χ2n) is 5.54. The van der Waals surface area contributed by atoms with Gasteiger partial charge in [-0.15, -0.1) is 5.10 Å². The lowest BCUT2D eigenvalue weighted by molar-refractivity contribution is 0.397. The van der Waals surface area contributed by atoms with Crippen LogP contribution in [-0.4, -0.2) is 25.3 Å². The Labute approximate surface area is 148 Å². The zero-order valence-corrected chi connectivity index (χ0v) is 14.3. The molecule has 124 valence electrons. The van der Waals surface area contributed by atoms with Gasteiger partial charge in [0.05, 0.1) is 5.75 Å². The van der Waals surface area contributed by atoms with E-state index in [0.29, 0.717) is 16.7 Å². The number of H-pyrrole nitrogens is 1. The Morgan fingerprint density at radius 1 is 1.12 bits per heavy atom. The van der Waals surface area contributed by atoms with Gasteiger partial charge in [-0.05, 0) is 19.1 Å². The molecule has 3 heterocycles. The quantitative estimate of drug-likeness (QED) is 0.546. The van der Waals surface area contributed by atoms with Gasteiger partial charge in [-0.1, -0.05) is 46.7 Å². The molecule has 7 heteroatoms. The van der Waals surface area contributed by atoms with Gasteiger partial charge in [0.1, 0.15) is 11.5 Å². The van der Waals surface area contributed by atoms with Crippen LogP contribution in [0, 0.1) is 6.92 Å². The third-order valence-electron chi connectivity index (χ3n) is 3.65. The zero-order chi connectivity index (χ0) is 17.1. The van der Waals surface area contributed by atoms with Gasteiger partial charge in [-0.2, -0.15) is 0 Å². The van der Waals surface area contributed by atoms with Crippen LogP contribution < -0.4 is 0 Å². The molecule has 0 radical (unpaired) electrons. The first-order valence-electron chi connectivity index (χ1n) is 7.76. The van der Waals surface area contributed by atoms with Gasteiger partial charge < -0.3 is 4.52 Å². The molecule has 0 spiro atoms. The Kier molecular flexibility index (Phi) is 4.30. The zero-order valence-electron chi connectivity index (χ0n) is 13.5. The molecule has 25 heavy (non-hydrogen) atoms. The van der Waals surface area contributed by atoms with Gasteiger partial charge in [0.25, 0.3) is 0 Å². The van der Waals surface area contributed by atoms with E-state index < -0.39 is 0 Å². The number of rotatable bonds is 5. The average Bonchev–Trinajstić information content (AvgIpc) is 3.31. The molecule has 0 atom stereocenters. The number of thioether (sulfide) groups is 1. The van der Waals surface area contributed by atoms with Gasteiger partial charge in [0, 0.05) is 29.6 Å². The van der Waals surface area contributed by atoms with Crippen molar-refractivity contribution in [2.24, 2.45) is 0 Å². The second kappa shape index (κ2) is 6.90. The molecule has 4 aromatic rings. The Morgan fingerprint density at radius 2 is 2.00 bits per heavy atom. The monoisotopic (exact) mass is 349 g/mol. The van der Waals surface area contributed by atoms with Crippen LogP contribution in [0.4, 0.5) is 0 Å². The molecule has 0 bridgehead atoms. The first-order valence-corrected chi connectivity index (χ1v) is 8.75. The topological polar surface area (TPSA) is 80.5 Å². The number of nitrogens with zero attached hydrogens (tertiary/aromatic N) is 4. The van der Waals surface area contributed by atoms with Crippen molar-refractivity contribution < 1.29 is 4.52 Å². The van der Waals surface area contributed by atoms with Crippen molar-refractivity contribution in [2.75, 3.05) is 0 Å². The molecule has 0 saturated carbocycles. The van der Waals surface area contributed by atoms with E-state index in [0.717, 1.165) is 22.6 Å². The molecule has 4 rings (SSSR count). The number of hydrogen-bond acceptors (Lipinski definition) is 6. The van der Waals surface area contributed by atoms with E-state index >= 15 is 0 Å². The summed E-state index contributed by atoms with van der Waals surface area (Å²) in [5.74, 6) is 2.10. The van der Waals surface area contributed by atoms with E-state index in [-0.39, 0.29) is 0 Å². The lowest BCUT2D eigenvalue weighted by Gasteiger charge is -1.95. The molecule has 1 N–H and O–H groups in total. The minimum Gasteiger partial charge on any atom is -0.360 e. The van der Waals surface area contributed by atoms with Crippen molar-refractivity contribution in [1.82, 2.24) is 25.3 Å². The van der Waals surface area contributed by atoms with Gasteiger partial charge in [-0.25, -0.2) is 4.98 Å². The third-order valence-corrected chi connectivity index (χ3v) is 4.52. The number of nitrogens with one attached hydrogen (secondary N) is 1. The molecule has 0 aliphatic carbocycles. The van der Waals surface area contributed by atoms with Crippen molar-refractivity contribution >= 4 is 11.8 Å². The SMILES string of the molecule is Cc1ccc(-c2cc(CSc3n[nH]c(-c4cccnc4)n3)on2)cc1. The summed E-state index contributed by atoms with van der Waals surface area (Å²) in [6.07, 6.45) is 3.48. The maximum absolute atomic E-state index is 5.42. The number of hydrogen-bond donors (Lipinski definition) is 1. The molecule has 0 aliphatic heterocycles. The molecule has 6 nitrogen and oxygen atoms in total. The lowest BCUT2D eigenvalue weighted by Crippen LogP contribution is -1.81. The summed E-state index contributed by atoms with van der Waals surface area (Å²) in [7, 11) is 0. The summed E-state index contributed by atoms with van der Waals surface area (Å²) in [6.45, 7) is 2.06. The summed E-state index contributed by atoms with van der Waals surface area (Å²) in [4.78, 5) is 8.55. The summed E-state index contributed by atoms with van der Waals surface area (Å²) >= 11 is 1.49. The fraction of sp³-hybridized carbons (Fsp3) is 0.111. The van der Waals surface area contributed by atoms with E-state index in [1.165, 1.54) is 17.3 Å². The van der Waals surface area contributed by atoms with Crippen molar-refractivity contribution in [3.05, 3.63) is 66.2 Å². The van der Waals surface area contributed by atoms with Crippen LogP contribution in [0.25, 0.3) is 22.6 Å². The molecular weight excluding hydrogens is 334 g/mol. The van der Waals surface area contributed by atoms with E-state index in [4.69, 9.17) is 4.52 Å². The Bertz CT molecular complexity index is 963. The van der Waals surface area contributed by atoms with Crippen LogP contribution >= 0.6 is 11.8 Å². The van der Waals surface area contributed by atoms with Gasteiger partial charge in [-0.3, -0.25) is 10.1 Å². The minimum absolute atomic E-state index is 0.614. The van der Waals surface area contributed by atoms with Crippen LogP contribution in [0.1, 0.15) is 11.3 Å².